The summed E-state index contributed by atoms with van der Waals surface area (Å²) in [5.74, 6) is 1.77. The fourth-order valence-corrected chi connectivity index (χ4v) is 5.82. The Balaban J connectivity index is 1.33. The summed E-state index contributed by atoms with van der Waals surface area (Å²) in [6.07, 6.45) is 3.61. The molecule has 0 amide bonds. The van der Waals surface area contributed by atoms with Gasteiger partial charge < -0.3 is 0 Å². The summed E-state index contributed by atoms with van der Waals surface area (Å²) in [5.41, 5.74) is 10.7. The maximum atomic E-state index is 5.12. The lowest BCUT2D eigenvalue weighted by Gasteiger charge is -2.12. The predicted molar refractivity (Wildman–Crippen MR) is 193 cm³/mol. The molecule has 5 nitrogen and oxygen atoms in total. The van der Waals surface area contributed by atoms with Gasteiger partial charge in [-0.05, 0) is 76.9 Å². The third-order valence-electron chi connectivity index (χ3n) is 8.20. The third-order valence-corrected chi connectivity index (χ3v) is 8.20. The van der Waals surface area contributed by atoms with Crippen LogP contribution in [0.4, 0.5) is 0 Å². The minimum atomic E-state index is 0.570. The largest absolute Gasteiger partial charge is 0.256 e. The molecule has 0 spiro atoms. The summed E-state index contributed by atoms with van der Waals surface area (Å²) in [7, 11) is 0. The Morgan fingerprint density at radius 2 is 0.604 bits per heavy atom. The number of nitrogens with zero attached hydrogens (tertiary/aromatic N) is 5. The number of benzene rings is 5. The van der Waals surface area contributed by atoms with E-state index in [2.05, 4.69) is 125 Å². The number of aromatic nitrogens is 5. The van der Waals surface area contributed by atoms with Gasteiger partial charge in [-0.3, -0.25) is 9.97 Å². The zero-order valence-corrected chi connectivity index (χ0v) is 26.0. The fourth-order valence-electron chi connectivity index (χ4n) is 5.82. The normalized spacial score (nSPS) is 10.9. The molecule has 0 N–H and O–H groups in total. The molecule has 226 valence electrons. The van der Waals surface area contributed by atoms with Gasteiger partial charge in [0, 0.05) is 40.2 Å². The van der Waals surface area contributed by atoms with Crippen molar-refractivity contribution in [3.8, 4) is 78.9 Å². The molecule has 0 radical (unpaired) electrons. The van der Waals surface area contributed by atoms with Crippen LogP contribution in [0.25, 0.3) is 78.9 Å². The lowest BCUT2D eigenvalue weighted by molar-refractivity contribution is 1.07. The van der Waals surface area contributed by atoms with Crippen molar-refractivity contribution in [1.29, 1.82) is 0 Å². The first-order chi connectivity index (χ1) is 23.8. The van der Waals surface area contributed by atoms with E-state index >= 15 is 0 Å². The molecule has 5 aromatic carbocycles. The highest BCUT2D eigenvalue weighted by Gasteiger charge is 2.16. The molecule has 0 saturated carbocycles. The summed E-state index contributed by atoms with van der Waals surface area (Å²) in [5, 5.41) is 0. The minimum absolute atomic E-state index is 0.570. The van der Waals surface area contributed by atoms with Gasteiger partial charge in [0.1, 0.15) is 0 Å². The van der Waals surface area contributed by atoms with Gasteiger partial charge in [-0.2, -0.15) is 0 Å². The molecule has 0 aliphatic carbocycles. The summed E-state index contributed by atoms with van der Waals surface area (Å²) >= 11 is 0. The molecule has 3 aromatic heterocycles. The van der Waals surface area contributed by atoms with Crippen molar-refractivity contribution in [2.75, 3.05) is 0 Å². The predicted octanol–water partition coefficient (Wildman–Crippen LogP) is 10.3. The summed E-state index contributed by atoms with van der Waals surface area (Å²) in [4.78, 5) is 24.6. The van der Waals surface area contributed by atoms with Crippen molar-refractivity contribution in [1.82, 2.24) is 24.9 Å². The Morgan fingerprint density at radius 1 is 0.250 bits per heavy atom. The molecule has 5 heteroatoms. The Kier molecular flexibility index (Phi) is 7.83. The van der Waals surface area contributed by atoms with Crippen LogP contribution in [0, 0.1) is 0 Å². The SMILES string of the molecule is c1ccc(-c2cccc(-c3nc(-c4cccc(-c5ccccc5)c4)nc(-c4cc(-c5ccccn5)cc(-c5ccccn5)c4)n3)c2)cc1. The van der Waals surface area contributed by atoms with Gasteiger partial charge in [0.2, 0.25) is 0 Å². The Labute approximate surface area is 279 Å². The van der Waals surface area contributed by atoms with E-state index in [0.717, 1.165) is 61.5 Å². The van der Waals surface area contributed by atoms with Crippen LogP contribution in [0.3, 0.4) is 0 Å². The van der Waals surface area contributed by atoms with Gasteiger partial charge in [0.15, 0.2) is 17.5 Å². The monoisotopic (exact) mass is 615 g/mol. The van der Waals surface area contributed by atoms with E-state index in [0.29, 0.717) is 17.5 Å². The summed E-state index contributed by atoms with van der Waals surface area (Å²) < 4.78 is 0. The second-order valence-electron chi connectivity index (χ2n) is 11.4. The number of hydrogen-bond acceptors (Lipinski definition) is 5. The molecule has 0 aliphatic rings. The van der Waals surface area contributed by atoms with Gasteiger partial charge in [-0.1, -0.05) is 109 Å². The van der Waals surface area contributed by atoms with Crippen LogP contribution >= 0.6 is 0 Å². The number of hydrogen-bond donors (Lipinski definition) is 0. The van der Waals surface area contributed by atoms with Crippen LogP contribution < -0.4 is 0 Å². The van der Waals surface area contributed by atoms with Crippen LogP contribution in [-0.2, 0) is 0 Å². The maximum Gasteiger partial charge on any atom is 0.164 e. The van der Waals surface area contributed by atoms with Crippen molar-refractivity contribution < 1.29 is 0 Å². The van der Waals surface area contributed by atoms with Crippen LogP contribution in [0.2, 0.25) is 0 Å². The van der Waals surface area contributed by atoms with Gasteiger partial charge in [-0.15, -0.1) is 0 Å². The lowest BCUT2D eigenvalue weighted by atomic mass is 9.99. The van der Waals surface area contributed by atoms with Gasteiger partial charge in [0.05, 0.1) is 11.4 Å². The molecule has 0 fully saturated rings. The average molecular weight is 616 g/mol. The first kappa shape index (κ1) is 28.9. The smallest absolute Gasteiger partial charge is 0.164 e. The van der Waals surface area contributed by atoms with Gasteiger partial charge >= 0.3 is 0 Å². The average Bonchev–Trinajstić information content (AvgIpc) is 3.19. The Bertz CT molecular complexity index is 2170. The second-order valence-corrected chi connectivity index (χ2v) is 11.4. The van der Waals surface area contributed by atoms with E-state index < -0.39 is 0 Å². The summed E-state index contributed by atoms with van der Waals surface area (Å²) in [6, 6.07) is 55.6. The molecule has 0 atom stereocenters. The van der Waals surface area contributed by atoms with E-state index in [-0.39, 0.29) is 0 Å². The molecule has 0 aliphatic heterocycles. The zero-order chi connectivity index (χ0) is 32.1. The molecule has 0 bridgehead atoms. The number of rotatable bonds is 7. The lowest BCUT2D eigenvalue weighted by Crippen LogP contribution is -2.01. The van der Waals surface area contributed by atoms with Crippen molar-refractivity contribution in [2.24, 2.45) is 0 Å². The number of pyridine rings is 2. The van der Waals surface area contributed by atoms with Crippen molar-refractivity contribution in [3.63, 3.8) is 0 Å². The topological polar surface area (TPSA) is 64.5 Å². The van der Waals surface area contributed by atoms with Crippen molar-refractivity contribution >= 4 is 0 Å². The highest BCUT2D eigenvalue weighted by atomic mass is 15.0. The molecule has 8 aromatic rings. The second kappa shape index (κ2) is 13.0. The first-order valence-corrected chi connectivity index (χ1v) is 15.8. The molecule has 0 saturated heterocycles. The van der Waals surface area contributed by atoms with Gasteiger partial charge in [-0.25, -0.2) is 15.0 Å². The van der Waals surface area contributed by atoms with E-state index in [1.165, 1.54) is 0 Å². The van der Waals surface area contributed by atoms with E-state index in [1.54, 1.807) is 12.4 Å². The quantitative estimate of drug-likeness (QED) is 0.178. The van der Waals surface area contributed by atoms with Gasteiger partial charge in [0.25, 0.3) is 0 Å². The molecule has 3 heterocycles. The molecular weight excluding hydrogens is 587 g/mol. The van der Waals surface area contributed by atoms with Crippen LogP contribution in [0.15, 0.2) is 176 Å². The van der Waals surface area contributed by atoms with Crippen LogP contribution in [-0.4, -0.2) is 24.9 Å². The first-order valence-electron chi connectivity index (χ1n) is 15.8. The molecule has 48 heavy (non-hydrogen) atoms. The minimum Gasteiger partial charge on any atom is -0.256 e. The third kappa shape index (κ3) is 6.13. The standard InChI is InChI=1S/C43H29N5/c1-3-13-30(14-4-1)32-17-11-19-34(25-32)41-46-42(35-20-12-18-33(26-35)31-15-5-2-6-16-31)48-43(47-41)38-28-36(39-21-7-9-23-44-39)27-37(29-38)40-22-8-10-24-45-40/h1-29H. The van der Waals surface area contributed by atoms with E-state index in [9.17, 15) is 0 Å². The van der Waals surface area contributed by atoms with E-state index in [1.807, 2.05) is 48.5 Å². The summed E-state index contributed by atoms with van der Waals surface area (Å²) in [6.45, 7) is 0. The molecule has 8 rings (SSSR count). The molecule has 0 unspecified atom stereocenters. The zero-order valence-electron chi connectivity index (χ0n) is 26.0. The van der Waals surface area contributed by atoms with Crippen molar-refractivity contribution in [2.45, 2.75) is 0 Å². The van der Waals surface area contributed by atoms with Crippen LogP contribution in [0.5, 0.6) is 0 Å². The maximum absolute atomic E-state index is 5.12. The Hall–Kier alpha value is -6.59. The highest BCUT2D eigenvalue weighted by molar-refractivity contribution is 5.79. The molecular formula is C43H29N5. The Morgan fingerprint density at radius 3 is 1.04 bits per heavy atom. The fraction of sp³-hybridized carbons (Fsp3) is 0. The van der Waals surface area contributed by atoms with E-state index in [4.69, 9.17) is 15.0 Å². The highest BCUT2D eigenvalue weighted by Crippen LogP contribution is 2.33. The van der Waals surface area contributed by atoms with Crippen LogP contribution in [0.1, 0.15) is 0 Å². The van der Waals surface area contributed by atoms with Crippen molar-refractivity contribution in [3.05, 3.63) is 176 Å².